The first-order chi connectivity index (χ1) is 22.7. The Labute approximate surface area is 285 Å². The van der Waals surface area contributed by atoms with Crippen LogP contribution in [0.1, 0.15) is 112 Å². The summed E-state index contributed by atoms with van der Waals surface area (Å²) in [7, 11) is 1.44. The van der Waals surface area contributed by atoms with Crippen molar-refractivity contribution in [2.24, 2.45) is 46.3 Å². The van der Waals surface area contributed by atoms with E-state index in [0.29, 0.717) is 41.9 Å². The van der Waals surface area contributed by atoms with Gasteiger partial charge < -0.3 is 33.5 Å². The molecule has 5 fully saturated rings. The van der Waals surface area contributed by atoms with Crippen molar-refractivity contribution in [2.45, 2.75) is 149 Å². The molecule has 4 aliphatic carbocycles. The standard InChI is InChI=1S/C37H58O11/c1-20(8-13-33(42)43-7)27-11-12-28-26-10-9-24-16-25(14-15-36(24,5)29(26)17-32(41)37(27,28)6)47-34-18-30(45-22(3)39)35(46-23(4)40)31(48-34)19-44-21(2)38/h20,24-32,34-35,41H,8-19H2,1-7H3/t20-,24-,25-,26+,27-,28+,29+,30-,31-,32+,34+,35+,36+,37-/m1/s1. The van der Waals surface area contributed by atoms with Crippen LogP contribution in [0.2, 0.25) is 0 Å². The number of aliphatic hydroxyl groups is 1. The van der Waals surface area contributed by atoms with Gasteiger partial charge in [-0.2, -0.15) is 0 Å². The van der Waals surface area contributed by atoms with Crippen molar-refractivity contribution in [2.75, 3.05) is 13.7 Å². The maximum absolute atomic E-state index is 12.0. The van der Waals surface area contributed by atoms with Crippen LogP contribution in [0, 0.1) is 46.3 Å². The van der Waals surface area contributed by atoms with Crippen LogP contribution in [0.4, 0.5) is 0 Å². The Balaban J connectivity index is 1.25. The van der Waals surface area contributed by atoms with E-state index >= 15 is 0 Å². The Morgan fingerprint density at radius 1 is 0.896 bits per heavy atom. The lowest BCUT2D eigenvalue weighted by Gasteiger charge is -2.62. The first kappa shape index (κ1) is 37.0. The lowest BCUT2D eigenvalue weighted by molar-refractivity contribution is -0.283. The molecule has 0 aromatic carbocycles. The van der Waals surface area contributed by atoms with Gasteiger partial charge in [0, 0.05) is 33.6 Å². The largest absolute Gasteiger partial charge is 0.469 e. The summed E-state index contributed by atoms with van der Waals surface area (Å²) >= 11 is 0. The second-order valence-electron chi connectivity index (χ2n) is 15.9. The monoisotopic (exact) mass is 678 g/mol. The third kappa shape index (κ3) is 7.43. The van der Waals surface area contributed by atoms with Gasteiger partial charge in [0.25, 0.3) is 0 Å². The van der Waals surface area contributed by atoms with E-state index in [4.69, 9.17) is 28.4 Å². The highest BCUT2D eigenvalue weighted by atomic mass is 16.7. The van der Waals surface area contributed by atoms with Gasteiger partial charge in [-0.25, -0.2) is 0 Å². The third-order valence-corrected chi connectivity index (χ3v) is 13.4. The SMILES string of the molecule is COC(=O)CC[C@@H](C)[C@H]1CC[C@H]2[C@@H]3CC[C@@H]4C[C@H](O[C@@H]5C[C@@H](OC(C)=O)[C@H](OC(C)=O)[C@@H](COC(C)=O)O5)CC[C@]4(C)[C@H]3C[C@H](O)[C@]12C. The van der Waals surface area contributed by atoms with E-state index < -0.39 is 42.5 Å². The van der Waals surface area contributed by atoms with E-state index in [-0.39, 0.29) is 42.0 Å². The average molecular weight is 679 g/mol. The molecule has 5 aliphatic rings. The van der Waals surface area contributed by atoms with E-state index in [0.717, 1.165) is 57.8 Å². The zero-order chi connectivity index (χ0) is 35.0. The van der Waals surface area contributed by atoms with Gasteiger partial charge in [0.05, 0.1) is 19.3 Å². The molecule has 1 N–H and O–H groups in total. The average Bonchev–Trinajstić information content (AvgIpc) is 3.39. The molecular weight excluding hydrogens is 620 g/mol. The van der Waals surface area contributed by atoms with Crippen LogP contribution < -0.4 is 0 Å². The number of hydrogen-bond acceptors (Lipinski definition) is 11. The van der Waals surface area contributed by atoms with Crippen LogP contribution in [0.5, 0.6) is 0 Å². The van der Waals surface area contributed by atoms with Crippen LogP contribution >= 0.6 is 0 Å². The summed E-state index contributed by atoms with van der Waals surface area (Å²) in [6.45, 7) is 10.7. The van der Waals surface area contributed by atoms with Gasteiger partial charge in [-0.15, -0.1) is 0 Å². The van der Waals surface area contributed by atoms with Crippen molar-refractivity contribution in [3.05, 3.63) is 0 Å². The Morgan fingerprint density at radius 2 is 1.62 bits per heavy atom. The second-order valence-corrected chi connectivity index (χ2v) is 15.9. The third-order valence-electron chi connectivity index (χ3n) is 13.4. The van der Waals surface area contributed by atoms with Crippen LogP contribution in [0.25, 0.3) is 0 Å². The van der Waals surface area contributed by atoms with Crippen LogP contribution in [0.3, 0.4) is 0 Å². The number of carbonyl (C=O) groups is 4. The molecule has 11 nitrogen and oxygen atoms in total. The van der Waals surface area contributed by atoms with Gasteiger partial charge in [0.15, 0.2) is 12.4 Å². The molecule has 272 valence electrons. The Morgan fingerprint density at radius 3 is 2.29 bits per heavy atom. The molecule has 1 saturated heterocycles. The smallest absolute Gasteiger partial charge is 0.305 e. The molecule has 4 saturated carbocycles. The predicted molar refractivity (Wildman–Crippen MR) is 173 cm³/mol. The molecule has 0 amide bonds. The Bertz CT molecular complexity index is 1190. The molecule has 48 heavy (non-hydrogen) atoms. The van der Waals surface area contributed by atoms with Crippen LogP contribution in [-0.4, -0.2) is 79.5 Å². The maximum atomic E-state index is 12.0. The number of fused-ring (bicyclic) bond motifs is 5. The molecule has 11 heteroatoms. The van der Waals surface area contributed by atoms with Crippen molar-refractivity contribution in [1.82, 2.24) is 0 Å². The molecule has 5 rings (SSSR count). The number of carbonyl (C=O) groups excluding carboxylic acids is 4. The van der Waals surface area contributed by atoms with Crippen LogP contribution in [0.15, 0.2) is 0 Å². The minimum atomic E-state index is -0.926. The van der Waals surface area contributed by atoms with Crippen molar-refractivity contribution in [3.8, 4) is 0 Å². The van der Waals surface area contributed by atoms with Gasteiger partial charge in [0.2, 0.25) is 0 Å². The summed E-state index contributed by atoms with van der Waals surface area (Å²) in [6, 6.07) is 0. The van der Waals surface area contributed by atoms with Gasteiger partial charge in [-0.3, -0.25) is 19.2 Å². The van der Waals surface area contributed by atoms with Gasteiger partial charge in [-0.05, 0) is 104 Å². The number of aliphatic hydroxyl groups excluding tert-OH is 1. The predicted octanol–water partition coefficient (Wildman–Crippen LogP) is 5.13. The van der Waals surface area contributed by atoms with Crippen molar-refractivity contribution in [3.63, 3.8) is 0 Å². The van der Waals surface area contributed by atoms with Gasteiger partial charge in [-0.1, -0.05) is 20.8 Å². The fourth-order valence-corrected chi connectivity index (χ4v) is 11.1. The summed E-state index contributed by atoms with van der Waals surface area (Å²) in [6.07, 6.45) is 5.75. The summed E-state index contributed by atoms with van der Waals surface area (Å²) in [4.78, 5) is 47.4. The zero-order valence-electron chi connectivity index (χ0n) is 29.9. The van der Waals surface area contributed by atoms with Crippen molar-refractivity contribution < 1.29 is 52.7 Å². The fraction of sp³-hybridized carbons (Fsp3) is 0.892. The van der Waals surface area contributed by atoms with E-state index in [1.807, 2.05) is 0 Å². The molecule has 0 aromatic rings. The summed E-state index contributed by atoms with van der Waals surface area (Å²) in [5.41, 5.74) is -0.0325. The number of ether oxygens (including phenoxy) is 6. The molecule has 0 bridgehead atoms. The summed E-state index contributed by atoms with van der Waals surface area (Å²) in [5.74, 6) is 0.994. The minimum absolute atomic E-state index is 0.0624. The fourth-order valence-electron chi connectivity index (χ4n) is 11.1. The normalized spacial score (nSPS) is 42.7. The highest BCUT2D eigenvalue weighted by molar-refractivity contribution is 5.69. The Kier molecular flexibility index (Phi) is 11.5. The molecule has 14 atom stereocenters. The second kappa shape index (κ2) is 14.9. The molecule has 1 aliphatic heterocycles. The molecule has 0 spiro atoms. The van der Waals surface area contributed by atoms with Gasteiger partial charge in [0.1, 0.15) is 18.8 Å². The highest BCUT2D eigenvalue weighted by Gasteiger charge is 2.64. The van der Waals surface area contributed by atoms with Crippen LogP contribution in [-0.2, 0) is 47.6 Å². The number of hydrogen-bond donors (Lipinski definition) is 1. The minimum Gasteiger partial charge on any atom is -0.469 e. The summed E-state index contributed by atoms with van der Waals surface area (Å²) in [5, 5.41) is 11.9. The lowest BCUT2D eigenvalue weighted by atomic mass is 9.43. The first-order valence-electron chi connectivity index (χ1n) is 18.2. The zero-order valence-corrected chi connectivity index (χ0v) is 29.9. The number of esters is 4. The molecule has 1 heterocycles. The lowest BCUT2D eigenvalue weighted by Crippen LogP contribution is -2.59. The molecule has 0 unspecified atom stereocenters. The molecular formula is C37H58O11. The molecule has 0 radical (unpaired) electrons. The quantitative estimate of drug-likeness (QED) is 0.187. The molecule has 0 aromatic heterocycles. The number of rotatable bonds is 10. The summed E-state index contributed by atoms with van der Waals surface area (Å²) < 4.78 is 34.0. The topological polar surface area (TPSA) is 144 Å². The number of methoxy groups -OCH3 is 1. The maximum Gasteiger partial charge on any atom is 0.305 e. The van der Waals surface area contributed by atoms with E-state index in [2.05, 4.69) is 20.8 Å². The van der Waals surface area contributed by atoms with Gasteiger partial charge >= 0.3 is 23.9 Å². The van der Waals surface area contributed by atoms with Crippen molar-refractivity contribution in [1.29, 1.82) is 0 Å². The van der Waals surface area contributed by atoms with Crippen molar-refractivity contribution >= 4 is 23.9 Å². The first-order valence-corrected chi connectivity index (χ1v) is 18.2. The van der Waals surface area contributed by atoms with E-state index in [1.165, 1.54) is 27.9 Å². The Hall–Kier alpha value is -2.24. The van der Waals surface area contributed by atoms with E-state index in [9.17, 15) is 24.3 Å². The van der Waals surface area contributed by atoms with E-state index in [1.54, 1.807) is 0 Å². The highest BCUT2D eigenvalue weighted by Crippen LogP contribution is 2.68.